The Labute approximate surface area is 211 Å². The van der Waals surface area contributed by atoms with Crippen molar-refractivity contribution in [3.05, 3.63) is 94.5 Å². The number of carboxylic acids is 1. The largest absolute Gasteiger partial charge is 0.497 e. The Morgan fingerprint density at radius 1 is 0.943 bits per heavy atom. The molecule has 0 unspecified atom stereocenters. The first kappa shape index (κ1) is 24.7. The molecule has 0 heterocycles. The fourth-order valence-electron chi connectivity index (χ4n) is 4.24. The van der Waals surface area contributed by atoms with Gasteiger partial charge in [-0.2, -0.15) is 0 Å². The minimum absolute atomic E-state index is 0.111. The Bertz CT molecular complexity index is 1160. The minimum Gasteiger partial charge on any atom is -0.497 e. The molecule has 1 aliphatic rings. The minimum atomic E-state index is -0.932. The number of carboxylic acid groups (broad SMARTS) is 1. The van der Waals surface area contributed by atoms with E-state index in [4.69, 9.17) is 21.1 Å². The van der Waals surface area contributed by atoms with Crippen molar-refractivity contribution in [2.45, 2.75) is 32.9 Å². The van der Waals surface area contributed by atoms with Gasteiger partial charge in [0.1, 0.15) is 11.5 Å². The molecule has 0 spiro atoms. The van der Waals surface area contributed by atoms with Crippen molar-refractivity contribution in [1.82, 2.24) is 0 Å². The van der Waals surface area contributed by atoms with E-state index in [0.29, 0.717) is 18.1 Å². The normalized spacial score (nSPS) is 14.3. The summed E-state index contributed by atoms with van der Waals surface area (Å²) >= 11 is 6.74. The fraction of sp³-hybridized carbons (Fsp3) is 0.276. The van der Waals surface area contributed by atoms with Crippen LogP contribution in [0, 0.1) is 5.41 Å². The Balaban J connectivity index is 1.73. The second-order valence-corrected chi connectivity index (χ2v) is 9.58. The van der Waals surface area contributed by atoms with E-state index in [1.807, 2.05) is 66.7 Å². The molecule has 4 rings (SSSR count). The fourth-order valence-corrected chi connectivity index (χ4v) is 4.47. The van der Waals surface area contributed by atoms with Crippen LogP contribution < -0.4 is 14.4 Å². The van der Waals surface area contributed by atoms with Gasteiger partial charge in [-0.1, -0.05) is 48.9 Å². The zero-order valence-corrected chi connectivity index (χ0v) is 21.0. The number of anilines is 1. The van der Waals surface area contributed by atoms with Crippen LogP contribution in [-0.4, -0.2) is 25.3 Å². The third-order valence-corrected chi connectivity index (χ3v) is 6.90. The highest BCUT2D eigenvalue weighted by molar-refractivity contribution is 6.33. The molecule has 1 fully saturated rings. The van der Waals surface area contributed by atoms with E-state index in [9.17, 15) is 9.90 Å². The molecule has 0 saturated heterocycles. The Kier molecular flexibility index (Phi) is 7.37. The zero-order valence-electron chi connectivity index (χ0n) is 20.3. The van der Waals surface area contributed by atoms with E-state index >= 15 is 0 Å². The van der Waals surface area contributed by atoms with Gasteiger partial charge >= 0.3 is 5.97 Å². The first-order valence-corrected chi connectivity index (χ1v) is 11.9. The molecule has 0 radical (unpaired) electrons. The summed E-state index contributed by atoms with van der Waals surface area (Å²) in [6.07, 6.45) is 3.30. The summed E-state index contributed by atoms with van der Waals surface area (Å²) < 4.78 is 10.6. The molecule has 0 aliphatic heterocycles. The number of methoxy groups -OCH3 is 2. The molecule has 3 aromatic rings. The molecule has 182 valence electrons. The molecule has 1 saturated carbocycles. The van der Waals surface area contributed by atoms with Crippen LogP contribution in [0.1, 0.15) is 36.5 Å². The van der Waals surface area contributed by atoms with Crippen molar-refractivity contribution in [2.24, 2.45) is 5.41 Å². The van der Waals surface area contributed by atoms with Gasteiger partial charge in [-0.05, 0) is 76.9 Å². The molecule has 35 heavy (non-hydrogen) atoms. The lowest BCUT2D eigenvalue weighted by Crippen LogP contribution is -2.22. The van der Waals surface area contributed by atoms with Crippen LogP contribution in [-0.2, 0) is 17.9 Å². The Hall–Kier alpha value is -3.44. The lowest BCUT2D eigenvalue weighted by molar-refractivity contribution is -0.131. The second kappa shape index (κ2) is 10.4. The first-order chi connectivity index (χ1) is 16.8. The molecular weight excluding hydrogens is 462 g/mol. The maximum atomic E-state index is 11.6. The van der Waals surface area contributed by atoms with Crippen LogP contribution >= 0.6 is 11.6 Å². The highest BCUT2D eigenvalue weighted by Gasteiger charge is 2.42. The third-order valence-electron chi connectivity index (χ3n) is 6.58. The van der Waals surface area contributed by atoms with E-state index in [1.165, 1.54) is 6.08 Å². The lowest BCUT2D eigenvalue weighted by atomic mass is 9.90. The summed E-state index contributed by atoms with van der Waals surface area (Å²) in [7, 11) is 3.30. The molecule has 0 bridgehead atoms. The van der Waals surface area contributed by atoms with Crippen LogP contribution in [0.4, 0.5) is 5.69 Å². The molecule has 1 N–H and O–H groups in total. The summed E-state index contributed by atoms with van der Waals surface area (Å²) in [5.41, 5.74) is 4.70. The number of benzene rings is 3. The molecule has 0 amide bonds. The van der Waals surface area contributed by atoms with Gasteiger partial charge in [0.15, 0.2) is 0 Å². The summed E-state index contributed by atoms with van der Waals surface area (Å²) in [5.74, 6) is 0.672. The third kappa shape index (κ3) is 5.98. The maximum absolute atomic E-state index is 11.6. The Morgan fingerprint density at radius 3 is 1.89 bits per heavy atom. The van der Waals surface area contributed by atoms with Crippen LogP contribution in [0.25, 0.3) is 5.57 Å². The number of ether oxygens (including phenoxy) is 2. The van der Waals surface area contributed by atoms with Crippen LogP contribution in [0.3, 0.4) is 0 Å². The summed E-state index contributed by atoms with van der Waals surface area (Å²) in [4.78, 5) is 13.8. The van der Waals surface area contributed by atoms with Crippen molar-refractivity contribution in [3.63, 3.8) is 0 Å². The summed E-state index contributed by atoms with van der Waals surface area (Å²) in [6.45, 7) is 3.35. The average molecular weight is 492 g/mol. The molecule has 1 aliphatic carbocycles. The SMILES string of the molecule is COc1ccc(CN(Cc2ccc(OC)cc2)c2cc(C(=CC(=O)O)C3(C)CC3)ccc2Cl)cc1. The Morgan fingerprint density at radius 2 is 1.46 bits per heavy atom. The van der Waals surface area contributed by atoms with Gasteiger partial charge in [-0.15, -0.1) is 0 Å². The summed E-state index contributed by atoms with van der Waals surface area (Å²) in [6, 6.07) is 21.7. The molecule has 6 heteroatoms. The van der Waals surface area contributed by atoms with Crippen molar-refractivity contribution >= 4 is 28.8 Å². The molecule has 0 aromatic heterocycles. The van der Waals surface area contributed by atoms with Crippen LogP contribution in [0.2, 0.25) is 5.02 Å². The first-order valence-electron chi connectivity index (χ1n) is 11.6. The second-order valence-electron chi connectivity index (χ2n) is 9.18. The monoisotopic (exact) mass is 491 g/mol. The standard InChI is InChI=1S/C29H30ClNO4/c1-29(14-15-29)25(17-28(32)33)22-8-13-26(30)27(16-22)31(18-20-4-9-23(34-2)10-5-20)19-21-6-11-24(35-3)12-7-21/h4-13,16-17H,14-15,18-19H2,1-3H3,(H,32,33). The van der Waals surface area contributed by atoms with Gasteiger partial charge in [0.25, 0.3) is 0 Å². The molecule has 3 aromatic carbocycles. The molecule has 0 atom stereocenters. The van der Waals surface area contributed by atoms with Crippen LogP contribution in [0.5, 0.6) is 11.5 Å². The number of allylic oxidation sites excluding steroid dienone is 1. The quantitative estimate of drug-likeness (QED) is 0.315. The highest BCUT2D eigenvalue weighted by atomic mass is 35.5. The van der Waals surface area contributed by atoms with E-state index in [1.54, 1.807) is 14.2 Å². The lowest BCUT2D eigenvalue weighted by Gasteiger charge is -2.28. The highest BCUT2D eigenvalue weighted by Crippen LogP contribution is 2.55. The zero-order chi connectivity index (χ0) is 25.0. The van der Waals surface area contributed by atoms with Gasteiger partial charge in [-0.3, -0.25) is 0 Å². The van der Waals surface area contributed by atoms with E-state index in [-0.39, 0.29) is 5.41 Å². The van der Waals surface area contributed by atoms with Gasteiger partial charge < -0.3 is 19.5 Å². The number of carbonyl (C=O) groups is 1. The van der Waals surface area contributed by atoms with E-state index in [0.717, 1.165) is 52.3 Å². The van der Waals surface area contributed by atoms with E-state index in [2.05, 4.69) is 11.8 Å². The van der Waals surface area contributed by atoms with Crippen molar-refractivity contribution in [1.29, 1.82) is 0 Å². The predicted molar refractivity (Wildman–Crippen MR) is 140 cm³/mol. The number of hydrogen-bond donors (Lipinski definition) is 1. The maximum Gasteiger partial charge on any atom is 0.328 e. The average Bonchev–Trinajstić information content (AvgIpc) is 3.61. The molecule has 5 nitrogen and oxygen atoms in total. The topological polar surface area (TPSA) is 59.0 Å². The number of nitrogens with zero attached hydrogens (tertiary/aromatic N) is 1. The van der Waals surface area contributed by atoms with Crippen molar-refractivity contribution in [3.8, 4) is 11.5 Å². The van der Waals surface area contributed by atoms with Crippen molar-refractivity contribution < 1.29 is 19.4 Å². The van der Waals surface area contributed by atoms with Gasteiger partial charge in [0.05, 0.1) is 24.9 Å². The number of rotatable bonds is 10. The van der Waals surface area contributed by atoms with E-state index < -0.39 is 5.97 Å². The summed E-state index contributed by atoms with van der Waals surface area (Å²) in [5, 5.41) is 10.1. The number of halogens is 1. The molecular formula is C29H30ClNO4. The van der Waals surface area contributed by atoms with Gasteiger partial charge in [0.2, 0.25) is 0 Å². The van der Waals surface area contributed by atoms with Gasteiger partial charge in [0, 0.05) is 19.2 Å². The van der Waals surface area contributed by atoms with Crippen molar-refractivity contribution in [2.75, 3.05) is 19.1 Å². The van der Waals surface area contributed by atoms with Gasteiger partial charge in [-0.25, -0.2) is 4.79 Å². The van der Waals surface area contributed by atoms with Crippen LogP contribution in [0.15, 0.2) is 72.8 Å². The smallest absolute Gasteiger partial charge is 0.328 e. The number of hydrogen-bond acceptors (Lipinski definition) is 4. The predicted octanol–water partition coefficient (Wildman–Crippen LogP) is 6.83. The number of aliphatic carboxylic acids is 1.